The Morgan fingerprint density at radius 3 is 2.18 bits per heavy atom. The van der Waals surface area contributed by atoms with Gasteiger partial charge >= 0.3 is 0 Å². The highest BCUT2D eigenvalue weighted by Gasteiger charge is 2.12. The Bertz CT molecular complexity index is 385. The van der Waals surface area contributed by atoms with Crippen molar-refractivity contribution in [2.45, 2.75) is 33.5 Å². The van der Waals surface area contributed by atoms with E-state index in [1.54, 1.807) is 0 Å². The Kier molecular flexibility index (Phi) is 5.60. The fourth-order valence-electron chi connectivity index (χ4n) is 2.05. The van der Waals surface area contributed by atoms with Crippen molar-refractivity contribution in [2.75, 3.05) is 0 Å². The quantitative estimate of drug-likeness (QED) is 0.365. The van der Waals surface area contributed by atoms with E-state index in [-0.39, 0.29) is 0 Å². The topological polar surface area (TPSA) is 76.5 Å². The van der Waals surface area contributed by atoms with Crippen LogP contribution in [-0.4, -0.2) is 18.4 Å². The fourth-order valence-corrected chi connectivity index (χ4v) is 2.05. The van der Waals surface area contributed by atoms with Gasteiger partial charge in [0.2, 0.25) is 0 Å². The summed E-state index contributed by atoms with van der Waals surface area (Å²) in [6.07, 6.45) is 0. The molecule has 0 aliphatic carbocycles. The van der Waals surface area contributed by atoms with Crippen LogP contribution in [0.4, 0.5) is 0 Å². The van der Waals surface area contributed by atoms with Crippen molar-refractivity contribution >= 4 is 7.98 Å². The van der Waals surface area contributed by atoms with Crippen LogP contribution in [0.25, 0.3) is 0 Å². The van der Waals surface area contributed by atoms with Crippen molar-refractivity contribution in [1.82, 2.24) is 16.2 Å². The molecule has 0 bridgehead atoms. The molecule has 0 heterocycles. The van der Waals surface area contributed by atoms with Gasteiger partial charge in [0.15, 0.2) is 7.98 Å². The SMILES string of the molecule is [B]NCc1cc(C)c(CNO)c(CNO)c1C. The van der Waals surface area contributed by atoms with Gasteiger partial charge in [-0.3, -0.25) is 0 Å². The first-order chi connectivity index (χ1) is 8.15. The van der Waals surface area contributed by atoms with E-state index in [4.69, 9.17) is 18.4 Å². The summed E-state index contributed by atoms with van der Waals surface area (Å²) in [5.41, 5.74) is 9.45. The highest BCUT2D eigenvalue weighted by atomic mass is 16.5. The average Bonchev–Trinajstić information content (AvgIpc) is 2.30. The monoisotopic (exact) mass is 235 g/mol. The molecule has 5 N–H and O–H groups in total. The van der Waals surface area contributed by atoms with Gasteiger partial charge in [0.1, 0.15) is 0 Å². The summed E-state index contributed by atoms with van der Waals surface area (Å²) >= 11 is 0. The first-order valence-corrected chi connectivity index (χ1v) is 5.43. The number of aryl methyl sites for hydroxylation is 1. The molecule has 1 aromatic carbocycles. The molecule has 1 aromatic rings. The number of nitrogens with one attached hydrogen (secondary N) is 3. The second-order valence-corrected chi connectivity index (χ2v) is 3.99. The number of benzene rings is 1. The van der Waals surface area contributed by atoms with E-state index < -0.39 is 0 Å². The van der Waals surface area contributed by atoms with E-state index in [1.165, 1.54) is 0 Å². The van der Waals surface area contributed by atoms with Gasteiger partial charge in [-0.05, 0) is 41.7 Å². The van der Waals surface area contributed by atoms with Gasteiger partial charge < -0.3 is 15.6 Å². The van der Waals surface area contributed by atoms with Crippen LogP contribution < -0.4 is 16.2 Å². The minimum atomic E-state index is 0.335. The van der Waals surface area contributed by atoms with Crippen molar-refractivity contribution in [3.63, 3.8) is 0 Å². The summed E-state index contributed by atoms with van der Waals surface area (Å²) < 4.78 is 0. The molecule has 1 rings (SSSR count). The van der Waals surface area contributed by atoms with Crippen LogP contribution in [0, 0.1) is 13.8 Å². The molecule has 0 fully saturated rings. The normalized spacial score (nSPS) is 10.8. The molecule has 0 amide bonds. The number of hydrogen-bond donors (Lipinski definition) is 5. The highest BCUT2D eigenvalue weighted by molar-refractivity contribution is 6.04. The molecule has 92 valence electrons. The second kappa shape index (κ2) is 6.73. The summed E-state index contributed by atoms with van der Waals surface area (Å²) in [6, 6.07) is 2.03. The molecule has 0 aliphatic heterocycles. The van der Waals surface area contributed by atoms with Gasteiger partial charge in [-0.25, -0.2) is 11.0 Å². The molecule has 0 atom stereocenters. The van der Waals surface area contributed by atoms with Gasteiger partial charge in [0.05, 0.1) is 0 Å². The Morgan fingerprint density at radius 2 is 1.65 bits per heavy atom. The molecule has 6 heteroatoms. The predicted molar refractivity (Wildman–Crippen MR) is 65.8 cm³/mol. The maximum atomic E-state index is 8.88. The Hall–Kier alpha value is -0.915. The lowest BCUT2D eigenvalue weighted by molar-refractivity contribution is 0.154. The van der Waals surface area contributed by atoms with Crippen LogP contribution >= 0.6 is 0 Å². The third-order valence-corrected chi connectivity index (χ3v) is 2.97. The molecule has 0 saturated heterocycles. The number of hydroxylamine groups is 2. The lowest BCUT2D eigenvalue weighted by Gasteiger charge is -2.18. The summed E-state index contributed by atoms with van der Waals surface area (Å²) in [7, 11) is 5.33. The maximum Gasteiger partial charge on any atom is 0.178 e. The van der Waals surface area contributed by atoms with Crippen LogP contribution in [0.2, 0.25) is 0 Å². The van der Waals surface area contributed by atoms with Crippen molar-refractivity contribution in [3.05, 3.63) is 33.9 Å². The van der Waals surface area contributed by atoms with E-state index in [9.17, 15) is 0 Å². The zero-order chi connectivity index (χ0) is 12.8. The molecule has 0 spiro atoms. The van der Waals surface area contributed by atoms with Crippen LogP contribution in [0.1, 0.15) is 27.8 Å². The zero-order valence-electron chi connectivity index (χ0n) is 10.2. The number of hydrogen-bond acceptors (Lipinski definition) is 5. The molecule has 17 heavy (non-hydrogen) atoms. The van der Waals surface area contributed by atoms with Crippen LogP contribution in [0.15, 0.2) is 6.07 Å². The van der Waals surface area contributed by atoms with E-state index in [2.05, 4.69) is 16.2 Å². The molecule has 5 nitrogen and oxygen atoms in total. The first-order valence-electron chi connectivity index (χ1n) is 5.43. The van der Waals surface area contributed by atoms with Crippen molar-refractivity contribution in [2.24, 2.45) is 0 Å². The van der Waals surface area contributed by atoms with Gasteiger partial charge in [-0.2, -0.15) is 0 Å². The molecule has 0 unspecified atom stereocenters. The minimum Gasteiger partial charge on any atom is -0.363 e. The van der Waals surface area contributed by atoms with E-state index in [0.29, 0.717) is 19.6 Å². The largest absolute Gasteiger partial charge is 0.363 e. The van der Waals surface area contributed by atoms with E-state index in [1.807, 2.05) is 19.9 Å². The van der Waals surface area contributed by atoms with Gasteiger partial charge in [-0.15, -0.1) is 0 Å². The lowest BCUT2D eigenvalue weighted by Crippen LogP contribution is -2.18. The van der Waals surface area contributed by atoms with Gasteiger partial charge in [0, 0.05) is 19.6 Å². The average molecular weight is 235 g/mol. The van der Waals surface area contributed by atoms with E-state index in [0.717, 1.165) is 27.8 Å². The van der Waals surface area contributed by atoms with E-state index >= 15 is 0 Å². The summed E-state index contributed by atoms with van der Waals surface area (Å²) in [4.78, 5) is 0. The molecule has 0 aliphatic rings. The number of rotatable bonds is 6. The van der Waals surface area contributed by atoms with Crippen LogP contribution in [-0.2, 0) is 19.6 Å². The lowest BCUT2D eigenvalue weighted by atomic mass is 9.92. The Morgan fingerprint density at radius 1 is 1.06 bits per heavy atom. The van der Waals surface area contributed by atoms with Crippen molar-refractivity contribution in [3.8, 4) is 0 Å². The third-order valence-electron chi connectivity index (χ3n) is 2.97. The molecule has 0 saturated carbocycles. The van der Waals surface area contributed by atoms with Gasteiger partial charge in [0.25, 0.3) is 0 Å². The molecular formula is C11H18BN3O2. The zero-order valence-corrected chi connectivity index (χ0v) is 10.2. The van der Waals surface area contributed by atoms with Gasteiger partial charge in [-0.1, -0.05) is 6.07 Å². The third kappa shape index (κ3) is 3.27. The van der Waals surface area contributed by atoms with Crippen molar-refractivity contribution in [1.29, 1.82) is 0 Å². The highest BCUT2D eigenvalue weighted by Crippen LogP contribution is 2.23. The van der Waals surface area contributed by atoms with Crippen LogP contribution in [0.5, 0.6) is 0 Å². The second-order valence-electron chi connectivity index (χ2n) is 3.99. The predicted octanol–water partition coefficient (Wildman–Crippen LogP) is 0.434. The smallest absolute Gasteiger partial charge is 0.178 e. The summed E-state index contributed by atoms with van der Waals surface area (Å²) in [5, 5.41) is 20.3. The van der Waals surface area contributed by atoms with Crippen LogP contribution in [0.3, 0.4) is 0 Å². The fraction of sp³-hybridized carbons (Fsp3) is 0.455. The van der Waals surface area contributed by atoms with Crippen molar-refractivity contribution < 1.29 is 10.4 Å². The minimum absolute atomic E-state index is 0.335. The Labute approximate surface area is 103 Å². The standard InChI is InChI=1S/C11H18BN3O2/c1-7-3-9(4-13-12)8(2)11(6-15-17)10(7)5-14-16/h3,13-17H,4-6H2,1-2H3. The summed E-state index contributed by atoms with van der Waals surface area (Å²) in [6.45, 7) is 5.19. The first kappa shape index (κ1) is 14.1. The molecule has 2 radical (unpaired) electrons. The Balaban J connectivity index is 3.25. The maximum absolute atomic E-state index is 8.88. The molecular weight excluding hydrogens is 217 g/mol. The molecule has 0 aromatic heterocycles. The summed E-state index contributed by atoms with van der Waals surface area (Å²) in [5.74, 6) is 0.